The van der Waals surface area contributed by atoms with Crippen LogP contribution in [0, 0.1) is 6.92 Å². The molecular formula is C12H18F2N2O. The predicted molar refractivity (Wildman–Crippen MR) is 62.5 cm³/mol. The Hall–Kier alpha value is -1.23. The van der Waals surface area contributed by atoms with Crippen molar-refractivity contribution < 1.29 is 13.5 Å². The van der Waals surface area contributed by atoms with Gasteiger partial charge in [-0.05, 0) is 25.5 Å². The van der Waals surface area contributed by atoms with E-state index in [9.17, 15) is 8.78 Å². The maximum absolute atomic E-state index is 11.9. The summed E-state index contributed by atoms with van der Waals surface area (Å²) in [6.45, 7) is 5.02. The molecule has 0 radical (unpaired) electrons. The third-order valence-electron chi connectivity index (χ3n) is 2.27. The molecule has 0 atom stereocenters. The molecule has 1 heterocycles. The first-order valence-corrected chi connectivity index (χ1v) is 5.71. The Bertz CT molecular complexity index is 345. The molecule has 5 heteroatoms. The number of nitrogens with one attached hydrogen (secondary N) is 1. The van der Waals surface area contributed by atoms with Crippen LogP contribution in [0.2, 0.25) is 0 Å². The summed E-state index contributed by atoms with van der Waals surface area (Å²) in [4.78, 5) is 4.13. The first kappa shape index (κ1) is 13.8. The maximum atomic E-state index is 11.9. The van der Waals surface area contributed by atoms with Crippen LogP contribution < -0.4 is 10.1 Å². The Morgan fingerprint density at radius 3 is 2.76 bits per heavy atom. The highest BCUT2D eigenvalue weighted by Crippen LogP contribution is 2.13. The fraction of sp³-hybridized carbons (Fsp3) is 0.583. The largest absolute Gasteiger partial charge is 0.472 e. The lowest BCUT2D eigenvalue weighted by molar-refractivity contribution is 0.0795. The first-order valence-electron chi connectivity index (χ1n) is 5.71. The summed E-state index contributed by atoms with van der Waals surface area (Å²) >= 11 is 0. The Morgan fingerprint density at radius 1 is 1.41 bits per heavy atom. The third kappa shape index (κ3) is 5.08. The predicted octanol–water partition coefficient (Wildman–Crippen LogP) is 2.53. The highest BCUT2D eigenvalue weighted by molar-refractivity contribution is 5.24. The number of aromatic nitrogens is 1. The molecule has 0 unspecified atom stereocenters. The van der Waals surface area contributed by atoms with Crippen LogP contribution >= 0.6 is 0 Å². The Kier molecular flexibility index (Phi) is 5.83. The van der Waals surface area contributed by atoms with E-state index in [1.165, 1.54) is 0 Å². The van der Waals surface area contributed by atoms with Gasteiger partial charge in [-0.15, -0.1) is 0 Å². The van der Waals surface area contributed by atoms with Crippen molar-refractivity contribution in [3.8, 4) is 5.88 Å². The van der Waals surface area contributed by atoms with Gasteiger partial charge in [0.1, 0.15) is 0 Å². The van der Waals surface area contributed by atoms with Crippen LogP contribution in [0.25, 0.3) is 0 Å². The Balaban J connectivity index is 2.53. The maximum Gasteiger partial charge on any atom is 0.272 e. The minimum atomic E-state index is -2.47. The Morgan fingerprint density at radius 2 is 2.18 bits per heavy atom. The van der Waals surface area contributed by atoms with Gasteiger partial charge in [0.15, 0.2) is 6.61 Å². The average Bonchev–Trinajstić information content (AvgIpc) is 2.29. The standard InChI is InChI=1S/C12H18F2N2O/c1-3-6-15-7-10-4-5-12(16-9(10)2)17-8-11(13)14/h4-5,11,15H,3,6-8H2,1-2H3. The number of halogens is 2. The van der Waals surface area contributed by atoms with Gasteiger partial charge < -0.3 is 10.1 Å². The lowest BCUT2D eigenvalue weighted by atomic mass is 10.2. The van der Waals surface area contributed by atoms with Crippen LogP contribution in [0.4, 0.5) is 8.78 Å². The van der Waals surface area contributed by atoms with Gasteiger partial charge in [-0.3, -0.25) is 0 Å². The molecule has 3 nitrogen and oxygen atoms in total. The fourth-order valence-corrected chi connectivity index (χ4v) is 1.38. The normalized spacial score (nSPS) is 10.9. The van der Waals surface area contributed by atoms with Crippen molar-refractivity contribution in [1.82, 2.24) is 10.3 Å². The van der Waals surface area contributed by atoms with E-state index in [0.29, 0.717) is 0 Å². The molecule has 1 aromatic rings. The van der Waals surface area contributed by atoms with Gasteiger partial charge >= 0.3 is 0 Å². The van der Waals surface area contributed by atoms with Crippen molar-refractivity contribution in [1.29, 1.82) is 0 Å². The SMILES string of the molecule is CCCNCc1ccc(OCC(F)F)nc1C. The quantitative estimate of drug-likeness (QED) is 0.748. The summed E-state index contributed by atoms with van der Waals surface area (Å²) in [6, 6.07) is 3.48. The summed E-state index contributed by atoms with van der Waals surface area (Å²) in [6.07, 6.45) is -1.40. The molecular weight excluding hydrogens is 226 g/mol. The molecule has 0 fully saturated rings. The van der Waals surface area contributed by atoms with Crippen molar-refractivity contribution in [3.63, 3.8) is 0 Å². The van der Waals surface area contributed by atoms with Crippen LogP contribution in [0.5, 0.6) is 5.88 Å². The van der Waals surface area contributed by atoms with E-state index in [1.807, 2.05) is 13.0 Å². The monoisotopic (exact) mass is 244 g/mol. The lowest BCUT2D eigenvalue weighted by Gasteiger charge is -2.09. The molecule has 0 aromatic carbocycles. The molecule has 1 N–H and O–H groups in total. The second-order valence-corrected chi connectivity index (χ2v) is 3.77. The molecule has 1 aromatic heterocycles. The van der Waals surface area contributed by atoms with E-state index in [1.54, 1.807) is 6.07 Å². The smallest absolute Gasteiger partial charge is 0.272 e. The number of rotatable bonds is 7. The number of hydrogen-bond acceptors (Lipinski definition) is 3. The summed E-state index contributed by atoms with van der Waals surface area (Å²) in [5, 5.41) is 3.26. The summed E-state index contributed by atoms with van der Waals surface area (Å²) in [5.74, 6) is 0.252. The van der Waals surface area contributed by atoms with Crippen LogP contribution in [0.15, 0.2) is 12.1 Å². The van der Waals surface area contributed by atoms with E-state index >= 15 is 0 Å². The van der Waals surface area contributed by atoms with Gasteiger partial charge in [-0.2, -0.15) is 0 Å². The fourth-order valence-electron chi connectivity index (χ4n) is 1.38. The Labute approximate surface area is 100 Å². The molecule has 0 spiro atoms. The molecule has 0 bridgehead atoms. The minimum absolute atomic E-state index is 0.252. The first-order chi connectivity index (χ1) is 8.13. The molecule has 0 saturated heterocycles. The number of pyridine rings is 1. The number of aryl methyl sites for hydroxylation is 1. The molecule has 0 amide bonds. The van der Waals surface area contributed by atoms with E-state index in [-0.39, 0.29) is 5.88 Å². The zero-order valence-electron chi connectivity index (χ0n) is 10.2. The van der Waals surface area contributed by atoms with Crippen molar-refractivity contribution in [2.45, 2.75) is 33.2 Å². The summed E-state index contributed by atoms with van der Waals surface area (Å²) in [7, 11) is 0. The van der Waals surface area contributed by atoms with Gasteiger partial charge in [-0.25, -0.2) is 13.8 Å². The van der Waals surface area contributed by atoms with Gasteiger partial charge in [0.05, 0.1) is 0 Å². The highest BCUT2D eigenvalue weighted by atomic mass is 19.3. The number of ether oxygens (including phenoxy) is 1. The summed E-state index contributed by atoms with van der Waals surface area (Å²) in [5.41, 5.74) is 1.86. The second kappa shape index (κ2) is 7.17. The van der Waals surface area contributed by atoms with E-state index in [0.717, 1.165) is 30.8 Å². The molecule has 0 aliphatic carbocycles. The van der Waals surface area contributed by atoms with Gasteiger partial charge in [0.2, 0.25) is 5.88 Å². The summed E-state index contributed by atoms with van der Waals surface area (Å²) < 4.78 is 28.7. The minimum Gasteiger partial charge on any atom is -0.472 e. The topological polar surface area (TPSA) is 34.1 Å². The molecule has 1 rings (SSSR count). The van der Waals surface area contributed by atoms with Crippen molar-refractivity contribution in [2.75, 3.05) is 13.2 Å². The van der Waals surface area contributed by atoms with Crippen molar-refractivity contribution >= 4 is 0 Å². The molecule has 17 heavy (non-hydrogen) atoms. The third-order valence-corrected chi connectivity index (χ3v) is 2.27. The van der Waals surface area contributed by atoms with Crippen molar-refractivity contribution in [2.24, 2.45) is 0 Å². The molecule has 96 valence electrons. The number of nitrogens with zero attached hydrogens (tertiary/aromatic N) is 1. The van der Waals surface area contributed by atoms with Crippen LogP contribution in [0.1, 0.15) is 24.6 Å². The highest BCUT2D eigenvalue weighted by Gasteiger charge is 2.06. The zero-order chi connectivity index (χ0) is 12.7. The van der Waals surface area contributed by atoms with Gasteiger partial charge in [0, 0.05) is 18.3 Å². The average molecular weight is 244 g/mol. The zero-order valence-corrected chi connectivity index (χ0v) is 10.2. The number of alkyl halides is 2. The van der Waals surface area contributed by atoms with Crippen LogP contribution in [-0.2, 0) is 6.54 Å². The van der Waals surface area contributed by atoms with Gasteiger partial charge in [0.25, 0.3) is 6.43 Å². The number of hydrogen-bond donors (Lipinski definition) is 1. The lowest BCUT2D eigenvalue weighted by Crippen LogP contribution is -2.15. The molecule has 0 aliphatic heterocycles. The van der Waals surface area contributed by atoms with E-state index in [2.05, 4.69) is 17.2 Å². The molecule has 0 saturated carbocycles. The van der Waals surface area contributed by atoms with Gasteiger partial charge in [-0.1, -0.05) is 13.0 Å². The molecule has 0 aliphatic rings. The van der Waals surface area contributed by atoms with Crippen LogP contribution in [-0.4, -0.2) is 24.6 Å². The second-order valence-electron chi connectivity index (χ2n) is 3.77. The van der Waals surface area contributed by atoms with Crippen LogP contribution in [0.3, 0.4) is 0 Å². The van der Waals surface area contributed by atoms with Crippen molar-refractivity contribution in [3.05, 3.63) is 23.4 Å². The van der Waals surface area contributed by atoms with E-state index in [4.69, 9.17) is 4.74 Å². The van der Waals surface area contributed by atoms with E-state index < -0.39 is 13.0 Å².